The molecule has 0 aliphatic rings. The smallest absolute Gasteiger partial charge is 0.124 e. The van der Waals surface area contributed by atoms with Crippen molar-refractivity contribution in [3.8, 4) is 0 Å². The van der Waals surface area contributed by atoms with Gasteiger partial charge in [0.1, 0.15) is 6.26 Å². The molecule has 1 aromatic heterocycles. The van der Waals surface area contributed by atoms with Gasteiger partial charge in [0, 0.05) is 18.7 Å². The van der Waals surface area contributed by atoms with E-state index in [4.69, 9.17) is 4.52 Å². The van der Waals surface area contributed by atoms with Gasteiger partial charge in [-0.3, -0.25) is 0 Å². The van der Waals surface area contributed by atoms with E-state index in [1.807, 2.05) is 6.07 Å². The Morgan fingerprint density at radius 2 is 2.06 bits per heavy atom. The van der Waals surface area contributed by atoms with Crippen LogP contribution in [0.3, 0.4) is 0 Å². The predicted molar refractivity (Wildman–Crippen MR) is 67.6 cm³/mol. The van der Waals surface area contributed by atoms with E-state index in [2.05, 4.69) is 47.7 Å². The first-order chi connectivity index (χ1) is 8.34. The minimum absolute atomic E-state index is 0.479. The number of benzene rings is 1. The van der Waals surface area contributed by atoms with E-state index < -0.39 is 0 Å². The van der Waals surface area contributed by atoms with Crippen molar-refractivity contribution in [1.82, 2.24) is 10.5 Å². The molecule has 0 amide bonds. The zero-order valence-electron chi connectivity index (χ0n) is 10.1. The van der Waals surface area contributed by atoms with Crippen LogP contribution in [0.5, 0.6) is 0 Å². The Morgan fingerprint density at radius 3 is 2.76 bits per heavy atom. The van der Waals surface area contributed by atoms with Gasteiger partial charge >= 0.3 is 0 Å². The fraction of sp³-hybridized carbons (Fsp3) is 0.357. The lowest BCUT2D eigenvalue weighted by Crippen LogP contribution is -2.26. The molecule has 90 valence electrons. The summed E-state index contributed by atoms with van der Waals surface area (Å²) in [6, 6.07) is 12.9. The minimum atomic E-state index is 0.479. The third-order valence-corrected chi connectivity index (χ3v) is 2.83. The number of hydrogen-bond donors (Lipinski definition) is 1. The number of nitrogens with zero attached hydrogens (tertiary/aromatic N) is 1. The largest absolute Gasteiger partial charge is 0.364 e. The zero-order valence-corrected chi connectivity index (χ0v) is 10.1. The summed E-state index contributed by atoms with van der Waals surface area (Å²) in [5, 5.41) is 7.30. The van der Waals surface area contributed by atoms with Gasteiger partial charge in [0.2, 0.25) is 0 Å². The fourth-order valence-electron chi connectivity index (χ4n) is 1.74. The van der Waals surface area contributed by atoms with Gasteiger partial charge in [-0.15, -0.1) is 0 Å². The molecule has 2 aromatic rings. The Kier molecular flexibility index (Phi) is 4.33. The molecule has 0 radical (unpaired) electrons. The number of hydrogen-bond acceptors (Lipinski definition) is 3. The first kappa shape index (κ1) is 11.9. The molecule has 1 N–H and O–H groups in total. The van der Waals surface area contributed by atoms with E-state index in [-0.39, 0.29) is 0 Å². The van der Waals surface area contributed by atoms with E-state index in [0.29, 0.717) is 6.04 Å². The van der Waals surface area contributed by atoms with E-state index in [0.717, 1.165) is 25.1 Å². The van der Waals surface area contributed by atoms with Crippen LogP contribution in [0.1, 0.15) is 24.6 Å². The number of aromatic nitrogens is 1. The highest BCUT2D eigenvalue weighted by molar-refractivity contribution is 5.14. The van der Waals surface area contributed by atoms with Gasteiger partial charge in [0.25, 0.3) is 0 Å². The van der Waals surface area contributed by atoms with Crippen LogP contribution in [0, 0.1) is 0 Å². The van der Waals surface area contributed by atoms with Crippen LogP contribution < -0.4 is 5.32 Å². The minimum Gasteiger partial charge on any atom is -0.364 e. The van der Waals surface area contributed by atoms with Crippen LogP contribution in [0.2, 0.25) is 0 Å². The average Bonchev–Trinajstić information content (AvgIpc) is 2.88. The maximum Gasteiger partial charge on any atom is 0.124 e. The third kappa shape index (κ3) is 4.04. The first-order valence-corrected chi connectivity index (χ1v) is 6.01. The molecule has 0 spiro atoms. The molecular weight excluding hydrogens is 212 g/mol. The van der Waals surface area contributed by atoms with E-state index in [1.54, 1.807) is 6.26 Å². The number of rotatable bonds is 6. The summed E-state index contributed by atoms with van der Waals surface area (Å²) in [6.45, 7) is 2.97. The number of aryl methyl sites for hydroxylation is 1. The summed E-state index contributed by atoms with van der Waals surface area (Å²) < 4.78 is 4.79. The predicted octanol–water partition coefficient (Wildman–Crippen LogP) is 2.79. The van der Waals surface area contributed by atoms with Crippen LogP contribution in [0.25, 0.3) is 0 Å². The molecular formula is C14H18N2O. The third-order valence-electron chi connectivity index (χ3n) is 2.83. The Labute approximate surface area is 102 Å². The lowest BCUT2D eigenvalue weighted by Gasteiger charge is -2.12. The van der Waals surface area contributed by atoms with Gasteiger partial charge in [0.05, 0.1) is 5.69 Å². The Morgan fingerprint density at radius 1 is 1.24 bits per heavy atom. The van der Waals surface area contributed by atoms with Crippen LogP contribution in [0.15, 0.2) is 47.2 Å². The molecule has 2 rings (SSSR count). The Bertz CT molecular complexity index is 411. The monoisotopic (exact) mass is 230 g/mol. The van der Waals surface area contributed by atoms with Gasteiger partial charge in [-0.25, -0.2) is 0 Å². The van der Waals surface area contributed by atoms with Crippen LogP contribution in [-0.4, -0.2) is 11.2 Å². The van der Waals surface area contributed by atoms with Crippen molar-refractivity contribution in [3.05, 3.63) is 53.9 Å². The van der Waals surface area contributed by atoms with Gasteiger partial charge in [-0.05, 0) is 25.3 Å². The molecule has 0 fully saturated rings. The molecule has 0 saturated heterocycles. The van der Waals surface area contributed by atoms with Crippen molar-refractivity contribution in [2.24, 2.45) is 0 Å². The van der Waals surface area contributed by atoms with Gasteiger partial charge in [-0.1, -0.05) is 35.5 Å². The molecule has 0 aliphatic heterocycles. The molecule has 1 aromatic carbocycles. The zero-order chi connectivity index (χ0) is 11.9. The molecule has 1 heterocycles. The normalized spacial score (nSPS) is 12.5. The standard InChI is InChI=1S/C14H18N2O/c1-12(15-11-14-9-10-17-16-14)7-8-13-5-3-2-4-6-13/h2-6,9-10,12,15H,7-8,11H2,1H3. The van der Waals surface area contributed by atoms with Crippen molar-refractivity contribution in [2.75, 3.05) is 0 Å². The Balaban J connectivity index is 1.69. The van der Waals surface area contributed by atoms with E-state index >= 15 is 0 Å². The summed E-state index contributed by atoms with van der Waals surface area (Å²) >= 11 is 0. The summed E-state index contributed by atoms with van der Waals surface area (Å²) in [5.41, 5.74) is 2.35. The molecule has 1 atom stereocenters. The summed E-state index contributed by atoms with van der Waals surface area (Å²) in [4.78, 5) is 0. The highest BCUT2D eigenvalue weighted by Crippen LogP contribution is 2.05. The quantitative estimate of drug-likeness (QED) is 0.829. The van der Waals surface area contributed by atoms with Crippen LogP contribution in [-0.2, 0) is 13.0 Å². The highest BCUT2D eigenvalue weighted by Gasteiger charge is 2.03. The molecule has 0 bridgehead atoms. The topological polar surface area (TPSA) is 38.1 Å². The van der Waals surface area contributed by atoms with Crippen molar-refractivity contribution < 1.29 is 4.52 Å². The molecule has 17 heavy (non-hydrogen) atoms. The molecule has 0 aliphatic carbocycles. The van der Waals surface area contributed by atoms with Crippen LogP contribution in [0.4, 0.5) is 0 Å². The molecule has 0 saturated carbocycles. The van der Waals surface area contributed by atoms with E-state index in [9.17, 15) is 0 Å². The van der Waals surface area contributed by atoms with Crippen molar-refractivity contribution in [1.29, 1.82) is 0 Å². The van der Waals surface area contributed by atoms with Crippen molar-refractivity contribution >= 4 is 0 Å². The van der Waals surface area contributed by atoms with Crippen molar-refractivity contribution in [2.45, 2.75) is 32.4 Å². The average molecular weight is 230 g/mol. The Hall–Kier alpha value is -1.61. The second kappa shape index (κ2) is 6.21. The summed E-state index contributed by atoms with van der Waals surface area (Å²) in [6.07, 6.45) is 3.83. The maximum atomic E-state index is 4.79. The lowest BCUT2D eigenvalue weighted by atomic mass is 10.1. The second-order valence-corrected chi connectivity index (χ2v) is 4.30. The first-order valence-electron chi connectivity index (χ1n) is 6.01. The summed E-state index contributed by atoms with van der Waals surface area (Å²) in [7, 11) is 0. The van der Waals surface area contributed by atoms with Crippen molar-refractivity contribution in [3.63, 3.8) is 0 Å². The summed E-state index contributed by atoms with van der Waals surface area (Å²) in [5.74, 6) is 0. The second-order valence-electron chi connectivity index (χ2n) is 4.30. The molecule has 1 unspecified atom stereocenters. The van der Waals surface area contributed by atoms with Crippen LogP contribution >= 0.6 is 0 Å². The lowest BCUT2D eigenvalue weighted by molar-refractivity contribution is 0.404. The van der Waals surface area contributed by atoms with E-state index in [1.165, 1.54) is 5.56 Å². The SMILES string of the molecule is CC(CCc1ccccc1)NCc1ccon1. The van der Waals surface area contributed by atoms with Gasteiger partial charge in [-0.2, -0.15) is 0 Å². The fourth-order valence-corrected chi connectivity index (χ4v) is 1.74. The van der Waals surface area contributed by atoms with Gasteiger partial charge in [0.15, 0.2) is 0 Å². The maximum absolute atomic E-state index is 4.79. The number of nitrogens with one attached hydrogen (secondary N) is 1. The molecule has 3 nitrogen and oxygen atoms in total. The molecule has 3 heteroatoms. The van der Waals surface area contributed by atoms with Gasteiger partial charge < -0.3 is 9.84 Å². The highest BCUT2D eigenvalue weighted by atomic mass is 16.5.